The predicted octanol–water partition coefficient (Wildman–Crippen LogP) is 3.02. The third-order valence-electron chi connectivity index (χ3n) is 3.12. The van der Waals surface area contributed by atoms with Crippen molar-refractivity contribution in [2.24, 2.45) is 0 Å². The number of epoxide rings is 1. The molecule has 0 N–H and O–H groups in total. The van der Waals surface area contributed by atoms with Crippen LogP contribution in [0.5, 0.6) is 0 Å². The number of esters is 1. The van der Waals surface area contributed by atoms with Crippen molar-refractivity contribution in [3.05, 3.63) is 0 Å². The maximum atomic E-state index is 12.0. The van der Waals surface area contributed by atoms with Gasteiger partial charge in [0.05, 0.1) is 6.10 Å². The summed E-state index contributed by atoms with van der Waals surface area (Å²) < 4.78 is 22.5. The van der Waals surface area contributed by atoms with E-state index in [1.165, 1.54) is 19.3 Å². The van der Waals surface area contributed by atoms with Gasteiger partial charge in [0, 0.05) is 0 Å². The van der Waals surface area contributed by atoms with Crippen molar-refractivity contribution >= 4 is 5.97 Å². The second kappa shape index (κ2) is 7.64. The predicted molar refractivity (Wildman–Crippen MR) is 63.6 cm³/mol. The van der Waals surface area contributed by atoms with Gasteiger partial charge >= 0.3 is 5.97 Å². The van der Waals surface area contributed by atoms with Gasteiger partial charge in [-0.3, -0.25) is 0 Å². The Bertz CT molecular complexity index is 233. The number of ether oxygens (including phenoxy) is 2. The lowest BCUT2D eigenvalue weighted by Crippen LogP contribution is -2.25. The Kier molecular flexibility index (Phi) is 6.48. The second-order valence-electron chi connectivity index (χ2n) is 4.56. The van der Waals surface area contributed by atoms with Crippen LogP contribution in [0.2, 0.25) is 0 Å². The molecule has 1 rings (SSSR count). The van der Waals surface area contributed by atoms with E-state index in [-0.39, 0.29) is 18.3 Å². The minimum atomic E-state index is -1.05. The van der Waals surface area contributed by atoms with E-state index < -0.39 is 12.6 Å². The van der Waals surface area contributed by atoms with Crippen LogP contribution in [0.15, 0.2) is 0 Å². The average molecular weight is 246 g/mol. The summed E-state index contributed by atoms with van der Waals surface area (Å²) in [6.45, 7) is 3.05. The lowest BCUT2D eigenvalue weighted by atomic mass is 10.1. The van der Waals surface area contributed by atoms with Crippen LogP contribution in [0.4, 0.5) is 4.39 Å². The van der Waals surface area contributed by atoms with Gasteiger partial charge in [-0.2, -0.15) is 0 Å². The van der Waals surface area contributed by atoms with Crippen LogP contribution in [0, 0.1) is 0 Å². The van der Waals surface area contributed by atoms with Gasteiger partial charge in [-0.1, -0.05) is 39.5 Å². The van der Waals surface area contributed by atoms with E-state index >= 15 is 0 Å². The van der Waals surface area contributed by atoms with E-state index in [1.54, 1.807) is 0 Å². The van der Waals surface area contributed by atoms with E-state index in [2.05, 4.69) is 6.92 Å². The van der Waals surface area contributed by atoms with Crippen LogP contribution in [0.3, 0.4) is 0 Å². The molecule has 0 aromatic carbocycles. The van der Waals surface area contributed by atoms with Crippen LogP contribution < -0.4 is 0 Å². The van der Waals surface area contributed by atoms with Crippen molar-refractivity contribution in [3.63, 3.8) is 0 Å². The first-order valence-corrected chi connectivity index (χ1v) is 6.63. The summed E-state index contributed by atoms with van der Waals surface area (Å²) in [6, 6.07) is 0. The Morgan fingerprint density at radius 2 is 2.12 bits per heavy atom. The Hall–Kier alpha value is -0.640. The molecule has 1 saturated heterocycles. The monoisotopic (exact) mass is 246 g/mol. The van der Waals surface area contributed by atoms with Crippen molar-refractivity contribution in [1.82, 2.24) is 0 Å². The largest absolute Gasteiger partial charge is 0.458 e. The quantitative estimate of drug-likeness (QED) is 0.356. The third kappa shape index (κ3) is 5.02. The SMILES string of the molecule is CCCCCCC1OC1C(CC)OC(=O)CF. The van der Waals surface area contributed by atoms with Gasteiger partial charge < -0.3 is 9.47 Å². The number of carbonyl (C=O) groups excluding carboxylic acids is 1. The minimum Gasteiger partial charge on any atom is -0.458 e. The number of alkyl halides is 1. The number of halogens is 1. The highest BCUT2D eigenvalue weighted by atomic mass is 19.1. The summed E-state index contributed by atoms with van der Waals surface area (Å²) in [6.07, 6.45) is 6.50. The van der Waals surface area contributed by atoms with E-state index in [1.807, 2.05) is 6.92 Å². The first kappa shape index (κ1) is 14.4. The van der Waals surface area contributed by atoms with Crippen molar-refractivity contribution in [2.75, 3.05) is 6.67 Å². The first-order valence-electron chi connectivity index (χ1n) is 6.63. The van der Waals surface area contributed by atoms with Gasteiger partial charge in [-0.05, 0) is 12.8 Å². The number of hydrogen-bond donors (Lipinski definition) is 0. The molecule has 1 fully saturated rings. The van der Waals surface area contributed by atoms with E-state index in [0.717, 1.165) is 12.8 Å². The van der Waals surface area contributed by atoms with E-state index in [9.17, 15) is 9.18 Å². The van der Waals surface area contributed by atoms with Crippen LogP contribution >= 0.6 is 0 Å². The zero-order chi connectivity index (χ0) is 12.7. The maximum absolute atomic E-state index is 12.0. The minimum absolute atomic E-state index is 0.00266. The molecule has 0 spiro atoms. The van der Waals surface area contributed by atoms with Crippen LogP contribution in [0.1, 0.15) is 52.4 Å². The van der Waals surface area contributed by atoms with Gasteiger partial charge in [-0.25, -0.2) is 9.18 Å². The Labute approximate surface area is 103 Å². The molecule has 100 valence electrons. The molecule has 0 radical (unpaired) electrons. The molecule has 17 heavy (non-hydrogen) atoms. The molecule has 3 atom stereocenters. The van der Waals surface area contributed by atoms with Gasteiger partial charge in [0.1, 0.15) is 12.2 Å². The molecule has 0 aromatic heterocycles. The molecule has 0 aliphatic carbocycles. The molecule has 3 unspecified atom stereocenters. The summed E-state index contributed by atoms with van der Waals surface area (Å²) >= 11 is 0. The smallest absolute Gasteiger partial charge is 0.337 e. The summed E-state index contributed by atoms with van der Waals surface area (Å²) in [5, 5.41) is 0. The molecule has 1 heterocycles. The molecule has 0 aromatic rings. The van der Waals surface area contributed by atoms with Gasteiger partial charge in [0.15, 0.2) is 6.67 Å². The first-order chi connectivity index (χ1) is 8.22. The standard InChI is InChI=1S/C13H23FO3/c1-3-5-6-7-8-11-13(17-11)10(4-2)16-12(15)9-14/h10-11,13H,3-9H2,1-2H3. The van der Waals surface area contributed by atoms with Crippen LogP contribution in [-0.2, 0) is 14.3 Å². The van der Waals surface area contributed by atoms with E-state index in [0.29, 0.717) is 6.42 Å². The van der Waals surface area contributed by atoms with Gasteiger partial charge in [0.25, 0.3) is 0 Å². The highest BCUT2D eigenvalue weighted by Gasteiger charge is 2.45. The molecule has 0 bridgehead atoms. The molecule has 1 aliphatic rings. The van der Waals surface area contributed by atoms with Crippen LogP contribution in [0.25, 0.3) is 0 Å². The third-order valence-corrected chi connectivity index (χ3v) is 3.12. The Morgan fingerprint density at radius 1 is 1.35 bits per heavy atom. The van der Waals surface area contributed by atoms with Crippen molar-refractivity contribution in [3.8, 4) is 0 Å². The Balaban J connectivity index is 2.16. The fourth-order valence-electron chi connectivity index (χ4n) is 2.07. The molecule has 4 heteroatoms. The van der Waals surface area contributed by atoms with Gasteiger partial charge in [-0.15, -0.1) is 0 Å². The topological polar surface area (TPSA) is 38.8 Å². The highest BCUT2D eigenvalue weighted by Crippen LogP contribution is 2.33. The lowest BCUT2D eigenvalue weighted by molar-refractivity contribution is -0.151. The number of hydrogen-bond acceptors (Lipinski definition) is 3. The molecule has 1 aliphatic heterocycles. The second-order valence-corrected chi connectivity index (χ2v) is 4.56. The maximum Gasteiger partial charge on any atom is 0.337 e. The molecular weight excluding hydrogens is 223 g/mol. The fraction of sp³-hybridized carbons (Fsp3) is 0.923. The normalized spacial score (nSPS) is 24.4. The number of carbonyl (C=O) groups is 1. The molecule has 0 saturated carbocycles. The Morgan fingerprint density at radius 3 is 2.71 bits per heavy atom. The molecule has 3 nitrogen and oxygen atoms in total. The summed E-state index contributed by atoms with van der Waals surface area (Å²) in [4.78, 5) is 10.9. The zero-order valence-electron chi connectivity index (χ0n) is 10.8. The fourth-order valence-corrected chi connectivity index (χ4v) is 2.07. The van der Waals surface area contributed by atoms with Crippen molar-refractivity contribution in [1.29, 1.82) is 0 Å². The summed E-state index contributed by atoms with van der Waals surface area (Å²) in [7, 11) is 0. The summed E-state index contributed by atoms with van der Waals surface area (Å²) in [5.41, 5.74) is 0. The highest BCUT2D eigenvalue weighted by molar-refractivity contribution is 5.70. The van der Waals surface area contributed by atoms with Gasteiger partial charge in [0.2, 0.25) is 0 Å². The molecule has 0 amide bonds. The van der Waals surface area contributed by atoms with Crippen LogP contribution in [-0.4, -0.2) is 31.0 Å². The number of rotatable bonds is 9. The zero-order valence-corrected chi connectivity index (χ0v) is 10.8. The number of unbranched alkanes of at least 4 members (excludes halogenated alkanes) is 3. The van der Waals surface area contributed by atoms with Crippen molar-refractivity contribution in [2.45, 2.75) is 70.7 Å². The van der Waals surface area contributed by atoms with Crippen molar-refractivity contribution < 1.29 is 18.7 Å². The summed E-state index contributed by atoms with van der Waals surface area (Å²) in [5.74, 6) is -0.780. The average Bonchev–Trinajstić information content (AvgIpc) is 3.10. The van der Waals surface area contributed by atoms with E-state index in [4.69, 9.17) is 9.47 Å². The lowest BCUT2D eigenvalue weighted by Gasteiger charge is -2.12. The molecular formula is C13H23FO3.